The maximum absolute atomic E-state index is 11.1. The first kappa shape index (κ1) is 14.0. The van der Waals surface area contributed by atoms with Crippen LogP contribution in [0.2, 0.25) is 0 Å². The van der Waals surface area contributed by atoms with Gasteiger partial charge in [-0.1, -0.05) is 24.7 Å². The maximum atomic E-state index is 11.1. The van der Waals surface area contributed by atoms with E-state index in [-0.39, 0.29) is 0 Å². The van der Waals surface area contributed by atoms with Gasteiger partial charge in [0, 0.05) is 32.7 Å². The summed E-state index contributed by atoms with van der Waals surface area (Å²) in [6, 6.07) is 0. The van der Waals surface area contributed by atoms with Crippen LogP contribution in [0.5, 0.6) is 0 Å². The molecule has 1 aliphatic heterocycles. The lowest BCUT2D eigenvalue weighted by atomic mass is 10.2. The largest absolute Gasteiger partial charge is 0.346 e. The average molecular weight is 293 g/mol. The highest BCUT2D eigenvalue weighted by Crippen LogP contribution is 2.31. The molecule has 5 heteroatoms. The summed E-state index contributed by atoms with van der Waals surface area (Å²) >= 11 is 1.56. The molecule has 1 aliphatic carbocycles. The second-order valence-corrected chi connectivity index (χ2v) is 6.92. The summed E-state index contributed by atoms with van der Waals surface area (Å²) in [7, 11) is 0. The molecule has 0 radical (unpaired) electrons. The Morgan fingerprint density at radius 2 is 2.05 bits per heavy atom. The lowest BCUT2D eigenvalue weighted by Crippen LogP contribution is -2.47. The molecule has 2 fully saturated rings. The highest BCUT2D eigenvalue weighted by Gasteiger charge is 2.27. The molecule has 1 aromatic rings. The van der Waals surface area contributed by atoms with Crippen molar-refractivity contribution in [2.75, 3.05) is 37.6 Å². The van der Waals surface area contributed by atoms with Crippen LogP contribution in [0.1, 0.15) is 41.6 Å². The average Bonchev–Trinajstić information content (AvgIpc) is 3.18. The van der Waals surface area contributed by atoms with E-state index in [4.69, 9.17) is 0 Å². The second kappa shape index (κ2) is 6.22. The number of aryl methyl sites for hydroxylation is 1. The van der Waals surface area contributed by atoms with Crippen LogP contribution in [0.3, 0.4) is 0 Å². The highest BCUT2D eigenvalue weighted by atomic mass is 32.1. The summed E-state index contributed by atoms with van der Waals surface area (Å²) in [6.45, 7) is 7.77. The number of piperazine rings is 1. The Morgan fingerprint density at radius 3 is 2.65 bits per heavy atom. The van der Waals surface area contributed by atoms with Gasteiger partial charge in [-0.3, -0.25) is 9.69 Å². The summed E-state index contributed by atoms with van der Waals surface area (Å²) in [4.78, 5) is 21.6. The van der Waals surface area contributed by atoms with Gasteiger partial charge in [0.25, 0.3) is 0 Å². The van der Waals surface area contributed by atoms with Gasteiger partial charge in [0.05, 0.1) is 10.6 Å². The Balaban J connectivity index is 1.60. The molecule has 4 nitrogen and oxygen atoms in total. The van der Waals surface area contributed by atoms with Gasteiger partial charge in [-0.2, -0.15) is 0 Å². The molecule has 0 N–H and O–H groups in total. The first-order chi connectivity index (χ1) is 9.80. The van der Waals surface area contributed by atoms with Crippen LogP contribution in [0.25, 0.3) is 0 Å². The summed E-state index contributed by atoms with van der Waals surface area (Å²) < 4.78 is 0. The summed E-state index contributed by atoms with van der Waals surface area (Å²) in [5.74, 6) is 0.972. The molecule has 0 spiro atoms. The third kappa shape index (κ3) is 3.20. The zero-order valence-electron chi connectivity index (χ0n) is 12.2. The predicted molar refractivity (Wildman–Crippen MR) is 82.9 cm³/mol. The Bertz CT molecular complexity index is 462. The van der Waals surface area contributed by atoms with Crippen molar-refractivity contribution in [3.8, 4) is 0 Å². The van der Waals surface area contributed by atoms with E-state index < -0.39 is 0 Å². The second-order valence-electron chi connectivity index (χ2n) is 5.91. The smallest absolute Gasteiger partial charge is 0.186 e. The number of anilines is 1. The number of carbonyl (C=O) groups is 1. The van der Waals surface area contributed by atoms with Gasteiger partial charge >= 0.3 is 0 Å². The number of carbonyl (C=O) groups excluding carboxylic acids is 1. The van der Waals surface area contributed by atoms with Gasteiger partial charge < -0.3 is 4.90 Å². The molecule has 1 saturated carbocycles. The lowest BCUT2D eigenvalue weighted by Gasteiger charge is -2.34. The van der Waals surface area contributed by atoms with E-state index in [0.29, 0.717) is 0 Å². The molecule has 20 heavy (non-hydrogen) atoms. The zero-order chi connectivity index (χ0) is 13.9. The lowest BCUT2D eigenvalue weighted by molar-refractivity contribution is 0.112. The van der Waals surface area contributed by atoms with Crippen LogP contribution in [-0.4, -0.2) is 48.9 Å². The molecule has 3 rings (SSSR count). The minimum Gasteiger partial charge on any atom is -0.346 e. The van der Waals surface area contributed by atoms with Gasteiger partial charge in [-0.25, -0.2) is 4.98 Å². The van der Waals surface area contributed by atoms with Crippen LogP contribution in [0.15, 0.2) is 0 Å². The predicted octanol–water partition coefficient (Wildman–Crippen LogP) is 2.44. The fraction of sp³-hybridized carbons (Fsp3) is 0.733. The normalized spacial score (nSPS) is 20.4. The van der Waals surface area contributed by atoms with Crippen molar-refractivity contribution >= 4 is 22.8 Å². The van der Waals surface area contributed by atoms with Crippen LogP contribution >= 0.6 is 11.3 Å². The zero-order valence-corrected chi connectivity index (χ0v) is 13.0. The van der Waals surface area contributed by atoms with Crippen LogP contribution < -0.4 is 4.90 Å². The number of hydrogen-bond donors (Lipinski definition) is 0. The number of nitrogens with zero attached hydrogens (tertiary/aromatic N) is 3. The van der Waals surface area contributed by atoms with Crippen LogP contribution in [0, 0.1) is 5.92 Å². The fourth-order valence-corrected chi connectivity index (χ4v) is 3.76. The molecule has 2 heterocycles. The summed E-state index contributed by atoms with van der Waals surface area (Å²) in [5.41, 5.74) is 0.989. The first-order valence-electron chi connectivity index (χ1n) is 7.72. The molecular formula is C15H23N3OS. The van der Waals surface area contributed by atoms with Crippen LogP contribution in [0.4, 0.5) is 5.13 Å². The van der Waals surface area contributed by atoms with Crippen molar-refractivity contribution in [2.45, 2.75) is 32.6 Å². The van der Waals surface area contributed by atoms with Gasteiger partial charge in [-0.15, -0.1) is 0 Å². The van der Waals surface area contributed by atoms with Crippen molar-refractivity contribution in [2.24, 2.45) is 5.92 Å². The van der Waals surface area contributed by atoms with Gasteiger partial charge in [0.15, 0.2) is 11.4 Å². The number of hydrogen-bond acceptors (Lipinski definition) is 5. The molecule has 2 aliphatic rings. The molecular weight excluding hydrogens is 270 g/mol. The summed E-state index contributed by atoms with van der Waals surface area (Å²) in [6.07, 6.45) is 5.77. The van der Waals surface area contributed by atoms with Crippen molar-refractivity contribution in [1.29, 1.82) is 0 Å². The topological polar surface area (TPSA) is 36.4 Å². The number of rotatable bonds is 6. The molecule has 110 valence electrons. The SMILES string of the molecule is CCCc1nc(N2CCN(CC3CC3)CC2)sc1C=O. The Labute approximate surface area is 124 Å². The van der Waals surface area contributed by atoms with E-state index >= 15 is 0 Å². The van der Waals surface area contributed by atoms with E-state index in [1.807, 2.05) is 0 Å². The maximum Gasteiger partial charge on any atom is 0.186 e. The van der Waals surface area contributed by atoms with Crippen LogP contribution in [-0.2, 0) is 6.42 Å². The first-order valence-corrected chi connectivity index (χ1v) is 8.54. The minimum absolute atomic E-state index is 0.822. The standard InChI is InChI=1S/C15H23N3OS/c1-2-3-13-14(11-19)20-15(16-13)18-8-6-17(7-9-18)10-12-4-5-12/h11-12H,2-10H2,1H3. The van der Waals surface area contributed by atoms with E-state index in [0.717, 1.165) is 66.9 Å². The molecule has 1 saturated heterocycles. The monoisotopic (exact) mass is 293 g/mol. The molecule has 0 atom stereocenters. The van der Waals surface area contributed by atoms with Gasteiger partial charge in [0.1, 0.15) is 0 Å². The molecule has 1 aromatic heterocycles. The van der Waals surface area contributed by atoms with E-state index in [1.165, 1.54) is 19.4 Å². The van der Waals surface area contributed by atoms with Crippen molar-refractivity contribution in [3.05, 3.63) is 10.6 Å². The van der Waals surface area contributed by atoms with Crippen molar-refractivity contribution in [3.63, 3.8) is 0 Å². The third-order valence-electron chi connectivity index (χ3n) is 4.17. The molecule has 0 unspecified atom stereocenters. The Hall–Kier alpha value is -0.940. The van der Waals surface area contributed by atoms with Crippen molar-refractivity contribution in [1.82, 2.24) is 9.88 Å². The fourth-order valence-electron chi connectivity index (χ4n) is 2.78. The highest BCUT2D eigenvalue weighted by molar-refractivity contribution is 7.17. The quantitative estimate of drug-likeness (QED) is 0.755. The van der Waals surface area contributed by atoms with Gasteiger partial charge in [-0.05, 0) is 25.2 Å². The van der Waals surface area contributed by atoms with E-state index in [1.54, 1.807) is 11.3 Å². The number of aromatic nitrogens is 1. The third-order valence-corrected chi connectivity index (χ3v) is 5.25. The molecule has 0 bridgehead atoms. The molecule has 0 aromatic carbocycles. The number of aldehydes is 1. The molecule has 0 amide bonds. The van der Waals surface area contributed by atoms with Crippen molar-refractivity contribution < 1.29 is 4.79 Å². The number of thiazole rings is 1. The van der Waals surface area contributed by atoms with E-state index in [2.05, 4.69) is 21.7 Å². The summed E-state index contributed by atoms with van der Waals surface area (Å²) in [5, 5.41) is 1.04. The van der Waals surface area contributed by atoms with Gasteiger partial charge in [0.2, 0.25) is 0 Å². The Morgan fingerprint density at radius 1 is 1.30 bits per heavy atom. The van der Waals surface area contributed by atoms with E-state index in [9.17, 15) is 4.79 Å². The minimum atomic E-state index is 0.822. The Kier molecular flexibility index (Phi) is 4.36.